The Morgan fingerprint density at radius 1 is 1.39 bits per heavy atom. The summed E-state index contributed by atoms with van der Waals surface area (Å²) in [5.41, 5.74) is 0.257. The van der Waals surface area contributed by atoms with Crippen LogP contribution in [0.4, 0.5) is 5.82 Å². The summed E-state index contributed by atoms with van der Waals surface area (Å²) in [5, 5.41) is 12.4. The minimum atomic E-state index is -0.477. The van der Waals surface area contributed by atoms with E-state index in [0.717, 1.165) is 0 Å². The molecule has 0 aliphatic carbocycles. The molecule has 23 heavy (non-hydrogen) atoms. The average molecular weight is 337 g/mol. The average Bonchev–Trinajstić information content (AvgIpc) is 2.50. The van der Waals surface area contributed by atoms with Crippen molar-refractivity contribution in [2.75, 3.05) is 12.4 Å². The third-order valence-corrected chi connectivity index (χ3v) is 3.14. The molecule has 2 rings (SSSR count). The smallest absolute Gasteiger partial charge is 0.257 e. The van der Waals surface area contributed by atoms with Crippen LogP contribution in [0, 0.1) is 0 Å². The number of nitrogens with one attached hydrogen (secondary N) is 1. The Morgan fingerprint density at radius 2 is 2.13 bits per heavy atom. The maximum atomic E-state index is 12.3. The molecule has 2 N–H and O–H groups in total. The zero-order valence-electron chi connectivity index (χ0n) is 13.0. The number of anilines is 1. The van der Waals surface area contributed by atoms with Crippen LogP contribution in [-0.4, -0.2) is 29.2 Å². The zero-order valence-corrected chi connectivity index (χ0v) is 13.7. The highest BCUT2D eigenvalue weighted by Gasteiger charge is 2.18. The van der Waals surface area contributed by atoms with Crippen LogP contribution in [0.2, 0.25) is 5.02 Å². The summed E-state index contributed by atoms with van der Waals surface area (Å²) in [5.74, 6) is 0.187. The van der Waals surface area contributed by atoms with Crippen LogP contribution in [0.5, 0.6) is 17.2 Å². The van der Waals surface area contributed by atoms with Crippen molar-refractivity contribution < 1.29 is 19.4 Å². The number of hydrogen-bond donors (Lipinski definition) is 2. The predicted octanol–water partition coefficient (Wildman–Crippen LogP) is 3.49. The van der Waals surface area contributed by atoms with Gasteiger partial charge in [-0.2, -0.15) is 0 Å². The van der Waals surface area contributed by atoms with Crippen molar-refractivity contribution in [3.8, 4) is 17.2 Å². The quantitative estimate of drug-likeness (QED) is 0.873. The van der Waals surface area contributed by atoms with Gasteiger partial charge in [-0.1, -0.05) is 11.6 Å². The number of aromatic hydroxyl groups is 1. The molecule has 1 aromatic heterocycles. The van der Waals surface area contributed by atoms with Crippen LogP contribution in [0.1, 0.15) is 24.2 Å². The largest absolute Gasteiger partial charge is 0.504 e. The van der Waals surface area contributed by atoms with Crippen molar-refractivity contribution in [3.63, 3.8) is 0 Å². The standard InChI is InChI=1S/C16H17ClN2O4/c1-9(2)23-14-11(17)7-10(8-13(14)22-3)16(21)19-15-12(20)5-4-6-18-15/h4-9,20H,1-3H3,(H,18,19,21). The molecule has 1 heterocycles. The van der Waals surface area contributed by atoms with Crippen LogP contribution in [0.3, 0.4) is 0 Å². The lowest BCUT2D eigenvalue weighted by Gasteiger charge is -2.16. The van der Waals surface area contributed by atoms with Gasteiger partial charge in [-0.25, -0.2) is 4.98 Å². The van der Waals surface area contributed by atoms with E-state index in [-0.39, 0.29) is 28.3 Å². The number of carbonyl (C=O) groups excluding carboxylic acids is 1. The molecule has 0 aliphatic heterocycles. The Bertz CT molecular complexity index is 719. The van der Waals surface area contributed by atoms with Crippen molar-refractivity contribution in [2.24, 2.45) is 0 Å². The highest BCUT2D eigenvalue weighted by molar-refractivity contribution is 6.32. The van der Waals surface area contributed by atoms with Gasteiger partial charge in [0.25, 0.3) is 5.91 Å². The van der Waals surface area contributed by atoms with E-state index in [2.05, 4.69) is 10.3 Å². The first-order valence-corrected chi connectivity index (χ1v) is 7.29. The molecular weight excluding hydrogens is 320 g/mol. The summed E-state index contributed by atoms with van der Waals surface area (Å²) in [6, 6.07) is 5.97. The SMILES string of the molecule is COc1cc(C(=O)Nc2ncccc2O)cc(Cl)c1OC(C)C. The number of pyridine rings is 1. The van der Waals surface area contributed by atoms with Crippen LogP contribution in [0.25, 0.3) is 0 Å². The molecule has 0 radical (unpaired) electrons. The summed E-state index contributed by atoms with van der Waals surface area (Å²) in [4.78, 5) is 16.2. The molecule has 7 heteroatoms. The number of methoxy groups -OCH3 is 1. The van der Waals surface area contributed by atoms with Gasteiger partial charge < -0.3 is 19.9 Å². The molecule has 0 saturated heterocycles. The first-order chi connectivity index (χ1) is 10.9. The van der Waals surface area contributed by atoms with E-state index in [1.807, 2.05) is 13.8 Å². The highest BCUT2D eigenvalue weighted by Crippen LogP contribution is 2.37. The van der Waals surface area contributed by atoms with Crippen LogP contribution >= 0.6 is 11.6 Å². The molecule has 0 unspecified atom stereocenters. The summed E-state index contributed by atoms with van der Waals surface area (Å²) in [7, 11) is 1.46. The third-order valence-electron chi connectivity index (χ3n) is 2.86. The topological polar surface area (TPSA) is 80.7 Å². The lowest BCUT2D eigenvalue weighted by atomic mass is 10.2. The van der Waals surface area contributed by atoms with Gasteiger partial charge in [0.05, 0.1) is 18.2 Å². The normalized spacial score (nSPS) is 10.5. The molecule has 122 valence electrons. The zero-order chi connectivity index (χ0) is 17.0. The fourth-order valence-corrected chi connectivity index (χ4v) is 2.13. The highest BCUT2D eigenvalue weighted by atomic mass is 35.5. The van der Waals surface area contributed by atoms with Crippen molar-refractivity contribution in [3.05, 3.63) is 41.0 Å². The maximum Gasteiger partial charge on any atom is 0.257 e. The van der Waals surface area contributed by atoms with E-state index in [4.69, 9.17) is 21.1 Å². The Kier molecular flexibility index (Phi) is 5.28. The van der Waals surface area contributed by atoms with Crippen LogP contribution in [-0.2, 0) is 0 Å². The number of benzene rings is 1. The Balaban J connectivity index is 2.31. The predicted molar refractivity (Wildman–Crippen MR) is 87.6 cm³/mol. The van der Waals surface area contributed by atoms with Gasteiger partial charge in [0.1, 0.15) is 0 Å². The number of amides is 1. The Hall–Kier alpha value is -2.47. The van der Waals surface area contributed by atoms with Gasteiger partial charge in [0.2, 0.25) is 0 Å². The van der Waals surface area contributed by atoms with Gasteiger partial charge in [0.15, 0.2) is 23.1 Å². The molecule has 1 aromatic carbocycles. The van der Waals surface area contributed by atoms with E-state index >= 15 is 0 Å². The number of rotatable bonds is 5. The minimum Gasteiger partial charge on any atom is -0.504 e. The monoisotopic (exact) mass is 336 g/mol. The number of nitrogens with zero attached hydrogens (tertiary/aromatic N) is 1. The molecule has 0 aliphatic rings. The number of halogens is 1. The second-order valence-electron chi connectivity index (χ2n) is 4.98. The van der Waals surface area contributed by atoms with E-state index in [1.54, 1.807) is 6.07 Å². The van der Waals surface area contributed by atoms with Crippen molar-refractivity contribution in [1.82, 2.24) is 4.98 Å². The van der Waals surface area contributed by atoms with E-state index in [1.165, 1.54) is 31.5 Å². The molecular formula is C16H17ClN2O4. The lowest BCUT2D eigenvalue weighted by Crippen LogP contribution is -2.14. The number of hydrogen-bond acceptors (Lipinski definition) is 5. The molecule has 6 nitrogen and oxygen atoms in total. The third kappa shape index (κ3) is 4.04. The first-order valence-electron chi connectivity index (χ1n) is 6.92. The van der Waals surface area contributed by atoms with Crippen molar-refractivity contribution >= 4 is 23.3 Å². The number of carbonyl (C=O) groups is 1. The molecule has 0 atom stereocenters. The van der Waals surface area contributed by atoms with Crippen molar-refractivity contribution in [2.45, 2.75) is 20.0 Å². The summed E-state index contributed by atoms with van der Waals surface area (Å²) in [6.45, 7) is 3.72. The summed E-state index contributed by atoms with van der Waals surface area (Å²) < 4.78 is 10.8. The second-order valence-corrected chi connectivity index (χ2v) is 5.39. The van der Waals surface area contributed by atoms with E-state index in [0.29, 0.717) is 11.5 Å². The van der Waals surface area contributed by atoms with Crippen LogP contribution < -0.4 is 14.8 Å². The van der Waals surface area contributed by atoms with E-state index in [9.17, 15) is 9.90 Å². The van der Waals surface area contributed by atoms with Crippen molar-refractivity contribution in [1.29, 1.82) is 0 Å². The lowest BCUT2D eigenvalue weighted by molar-refractivity contribution is 0.102. The molecule has 0 spiro atoms. The number of ether oxygens (including phenoxy) is 2. The summed E-state index contributed by atoms with van der Waals surface area (Å²) in [6.07, 6.45) is 1.37. The van der Waals surface area contributed by atoms with Gasteiger partial charge >= 0.3 is 0 Å². The fourth-order valence-electron chi connectivity index (χ4n) is 1.87. The second kappa shape index (κ2) is 7.19. The maximum absolute atomic E-state index is 12.3. The molecule has 0 saturated carbocycles. The summed E-state index contributed by atoms with van der Waals surface area (Å²) >= 11 is 6.19. The number of aromatic nitrogens is 1. The van der Waals surface area contributed by atoms with Gasteiger partial charge in [-0.3, -0.25) is 4.79 Å². The minimum absolute atomic E-state index is 0.0649. The molecule has 2 aromatic rings. The van der Waals surface area contributed by atoms with Crippen LogP contribution in [0.15, 0.2) is 30.5 Å². The van der Waals surface area contributed by atoms with Gasteiger partial charge in [0, 0.05) is 11.8 Å². The molecule has 0 bridgehead atoms. The van der Waals surface area contributed by atoms with Gasteiger partial charge in [-0.05, 0) is 38.1 Å². The Morgan fingerprint density at radius 3 is 2.74 bits per heavy atom. The molecule has 0 fully saturated rings. The van der Waals surface area contributed by atoms with E-state index < -0.39 is 5.91 Å². The Labute approximate surface area is 139 Å². The fraction of sp³-hybridized carbons (Fsp3) is 0.250. The first kappa shape index (κ1) is 16.9. The molecule has 1 amide bonds. The van der Waals surface area contributed by atoms with Gasteiger partial charge in [-0.15, -0.1) is 0 Å².